The molecule has 2 aromatic carbocycles. The normalized spacial score (nSPS) is 18.8. The van der Waals surface area contributed by atoms with E-state index in [1.54, 1.807) is 11.4 Å². The minimum absolute atomic E-state index is 0.0118. The fourth-order valence-corrected chi connectivity index (χ4v) is 7.18. The van der Waals surface area contributed by atoms with Crippen molar-refractivity contribution < 1.29 is 18.7 Å². The van der Waals surface area contributed by atoms with E-state index in [0.29, 0.717) is 24.3 Å². The summed E-state index contributed by atoms with van der Waals surface area (Å²) in [4.78, 5) is 39.2. The standard InChI is InChI=1S/C38H45FN6O3S/c1-26-41-35(25-49-26)37(47)43-32-15-13-31(14-16-32)42-36(46)34-23-30(39)24-40-38(34)48-33-8-3-7-29(22-33)28-11-9-27(10-12-28)6-4-18-45-19-5-17-44(2)20-21-45/h3,7-12,22-25,31-32H,4-6,13-21H2,1-2H3,(H,42,46)(H,43,47). The molecule has 0 bridgehead atoms. The first-order valence-corrected chi connectivity index (χ1v) is 18.1. The Labute approximate surface area is 291 Å². The van der Waals surface area contributed by atoms with Crippen LogP contribution in [0.25, 0.3) is 11.1 Å². The van der Waals surface area contributed by atoms with E-state index in [9.17, 15) is 14.0 Å². The van der Waals surface area contributed by atoms with Gasteiger partial charge in [0, 0.05) is 30.6 Å². The smallest absolute Gasteiger partial charge is 0.270 e. The molecule has 0 radical (unpaired) electrons. The Morgan fingerprint density at radius 2 is 1.69 bits per heavy atom. The predicted molar refractivity (Wildman–Crippen MR) is 191 cm³/mol. The van der Waals surface area contributed by atoms with Crippen LogP contribution < -0.4 is 15.4 Å². The average molecular weight is 685 g/mol. The highest BCUT2D eigenvalue weighted by molar-refractivity contribution is 7.09. The van der Waals surface area contributed by atoms with Crippen LogP contribution in [0.4, 0.5) is 4.39 Å². The third-order valence-corrected chi connectivity index (χ3v) is 10.2. The van der Waals surface area contributed by atoms with E-state index in [4.69, 9.17) is 4.74 Å². The molecule has 2 fully saturated rings. The average Bonchev–Trinajstić information content (AvgIpc) is 3.44. The monoisotopic (exact) mass is 684 g/mol. The molecule has 1 aliphatic heterocycles. The molecule has 1 aliphatic carbocycles. The first-order chi connectivity index (χ1) is 23.8. The highest BCUT2D eigenvalue weighted by atomic mass is 32.1. The van der Waals surface area contributed by atoms with Gasteiger partial charge in [-0.15, -0.1) is 11.3 Å². The lowest BCUT2D eigenvalue weighted by Gasteiger charge is -2.29. The number of pyridine rings is 1. The van der Waals surface area contributed by atoms with Crippen molar-refractivity contribution in [2.75, 3.05) is 39.8 Å². The molecule has 2 amide bonds. The second kappa shape index (κ2) is 16.5. The van der Waals surface area contributed by atoms with Crippen LogP contribution in [0.15, 0.2) is 66.2 Å². The molecule has 2 N–H and O–H groups in total. The van der Waals surface area contributed by atoms with Crippen LogP contribution >= 0.6 is 11.3 Å². The SMILES string of the molecule is Cc1nc(C(=O)NC2CCC(NC(=O)c3cc(F)cnc3Oc3cccc(-c4ccc(CCCN5CCCN(C)CC5)cc4)c3)CC2)cs1. The van der Waals surface area contributed by atoms with E-state index < -0.39 is 11.7 Å². The quantitative estimate of drug-likeness (QED) is 0.187. The van der Waals surface area contributed by atoms with E-state index in [0.717, 1.165) is 73.7 Å². The molecule has 258 valence electrons. The summed E-state index contributed by atoms with van der Waals surface area (Å²) in [5.74, 6) is -0.684. The zero-order valence-corrected chi connectivity index (χ0v) is 29.1. The number of aryl methyl sites for hydroxylation is 2. The number of carbonyl (C=O) groups excluding carboxylic acids is 2. The molecule has 3 heterocycles. The maximum atomic E-state index is 14.3. The van der Waals surface area contributed by atoms with E-state index in [1.807, 2.05) is 25.1 Å². The third-order valence-electron chi connectivity index (χ3n) is 9.40. The van der Waals surface area contributed by atoms with E-state index in [1.165, 1.54) is 36.4 Å². The predicted octanol–water partition coefficient (Wildman–Crippen LogP) is 6.49. The Balaban J connectivity index is 1.02. The molecular weight excluding hydrogens is 640 g/mol. The van der Waals surface area contributed by atoms with Crippen LogP contribution in [0.1, 0.15) is 69.9 Å². The molecule has 9 nitrogen and oxygen atoms in total. The molecule has 49 heavy (non-hydrogen) atoms. The van der Waals surface area contributed by atoms with E-state index in [-0.39, 0.29) is 29.4 Å². The number of rotatable bonds is 11. The summed E-state index contributed by atoms with van der Waals surface area (Å²) in [5, 5.41) is 8.68. The fourth-order valence-electron chi connectivity index (χ4n) is 6.59. The lowest BCUT2D eigenvalue weighted by molar-refractivity contribution is 0.0888. The van der Waals surface area contributed by atoms with Gasteiger partial charge in [-0.3, -0.25) is 9.59 Å². The first-order valence-electron chi connectivity index (χ1n) is 17.3. The molecule has 6 rings (SSSR count). The van der Waals surface area contributed by atoms with Gasteiger partial charge in [0.15, 0.2) is 0 Å². The molecule has 11 heteroatoms. The van der Waals surface area contributed by atoms with Gasteiger partial charge in [-0.25, -0.2) is 14.4 Å². The summed E-state index contributed by atoms with van der Waals surface area (Å²) in [6.45, 7) is 7.64. The summed E-state index contributed by atoms with van der Waals surface area (Å²) in [7, 11) is 2.20. The number of hydrogen-bond donors (Lipinski definition) is 2. The zero-order chi connectivity index (χ0) is 34.2. The van der Waals surface area contributed by atoms with Crippen LogP contribution in [-0.2, 0) is 6.42 Å². The summed E-state index contributed by atoms with van der Waals surface area (Å²) in [5.41, 5.74) is 3.82. The number of ether oxygens (including phenoxy) is 1. The van der Waals surface area contributed by atoms with Gasteiger partial charge in [0.2, 0.25) is 5.88 Å². The lowest BCUT2D eigenvalue weighted by atomic mass is 9.91. The first kappa shape index (κ1) is 34.7. The molecule has 0 unspecified atom stereocenters. The van der Waals surface area contributed by atoms with Gasteiger partial charge in [0.1, 0.15) is 22.8 Å². The van der Waals surface area contributed by atoms with Crippen LogP contribution in [0.3, 0.4) is 0 Å². The molecule has 2 aliphatic rings. The Kier molecular flexibility index (Phi) is 11.7. The number of carbonyl (C=O) groups is 2. The van der Waals surface area contributed by atoms with E-state index in [2.05, 4.69) is 61.7 Å². The van der Waals surface area contributed by atoms with Crippen molar-refractivity contribution in [3.05, 3.63) is 93.8 Å². The topological polar surface area (TPSA) is 99.7 Å². The van der Waals surface area contributed by atoms with Crippen molar-refractivity contribution in [2.45, 2.75) is 64.0 Å². The van der Waals surface area contributed by atoms with Crippen LogP contribution in [0.2, 0.25) is 0 Å². The van der Waals surface area contributed by atoms with Crippen molar-refractivity contribution in [1.82, 2.24) is 30.4 Å². The van der Waals surface area contributed by atoms with Crippen molar-refractivity contribution in [3.8, 4) is 22.8 Å². The van der Waals surface area contributed by atoms with Gasteiger partial charge in [-0.2, -0.15) is 0 Å². The molecule has 0 spiro atoms. The maximum Gasteiger partial charge on any atom is 0.270 e. The summed E-state index contributed by atoms with van der Waals surface area (Å²) in [6.07, 6.45) is 7.27. The van der Waals surface area contributed by atoms with Crippen LogP contribution in [-0.4, -0.2) is 83.4 Å². The van der Waals surface area contributed by atoms with Crippen molar-refractivity contribution in [2.24, 2.45) is 0 Å². The summed E-state index contributed by atoms with van der Waals surface area (Å²) in [6, 6.07) is 17.3. The van der Waals surface area contributed by atoms with Gasteiger partial charge >= 0.3 is 0 Å². The number of hydrogen-bond acceptors (Lipinski definition) is 8. The fraction of sp³-hybridized carbons (Fsp3) is 0.421. The molecule has 1 saturated heterocycles. The third kappa shape index (κ3) is 9.71. The Bertz CT molecular complexity index is 1720. The molecular formula is C38H45FN6O3S. The number of likely N-dealkylation sites (N-methyl/N-ethyl adjacent to an activating group) is 1. The van der Waals surface area contributed by atoms with Gasteiger partial charge in [-0.1, -0.05) is 36.4 Å². The number of amides is 2. The van der Waals surface area contributed by atoms with Gasteiger partial charge in [0.05, 0.1) is 11.2 Å². The highest BCUT2D eigenvalue weighted by Crippen LogP contribution is 2.29. The Morgan fingerprint density at radius 1 is 0.939 bits per heavy atom. The summed E-state index contributed by atoms with van der Waals surface area (Å²) >= 11 is 1.44. The second-order valence-corrected chi connectivity index (χ2v) is 14.2. The number of aromatic nitrogens is 2. The molecule has 4 aromatic rings. The zero-order valence-electron chi connectivity index (χ0n) is 28.3. The van der Waals surface area contributed by atoms with E-state index >= 15 is 0 Å². The maximum absolute atomic E-state index is 14.3. The van der Waals surface area contributed by atoms with Crippen molar-refractivity contribution >= 4 is 23.2 Å². The minimum atomic E-state index is -0.617. The minimum Gasteiger partial charge on any atom is -0.438 e. The Morgan fingerprint density at radius 3 is 2.43 bits per heavy atom. The van der Waals surface area contributed by atoms with Gasteiger partial charge < -0.3 is 25.2 Å². The summed E-state index contributed by atoms with van der Waals surface area (Å²) < 4.78 is 20.4. The second-order valence-electron chi connectivity index (χ2n) is 13.2. The largest absolute Gasteiger partial charge is 0.438 e. The number of halogens is 1. The van der Waals surface area contributed by atoms with Crippen molar-refractivity contribution in [3.63, 3.8) is 0 Å². The van der Waals surface area contributed by atoms with Gasteiger partial charge in [0.25, 0.3) is 11.8 Å². The highest BCUT2D eigenvalue weighted by Gasteiger charge is 2.26. The molecule has 2 aromatic heterocycles. The molecule has 0 atom stereocenters. The number of nitrogens with one attached hydrogen (secondary N) is 2. The van der Waals surface area contributed by atoms with Gasteiger partial charge in [-0.05, 0) is 113 Å². The van der Waals surface area contributed by atoms with Crippen LogP contribution in [0, 0.1) is 12.7 Å². The number of nitrogens with zero attached hydrogens (tertiary/aromatic N) is 4. The Hall–Kier alpha value is -4.19. The lowest BCUT2D eigenvalue weighted by Crippen LogP contribution is -2.44. The molecule has 1 saturated carbocycles. The number of thiazole rings is 1. The van der Waals surface area contributed by atoms with Crippen LogP contribution in [0.5, 0.6) is 11.6 Å². The van der Waals surface area contributed by atoms with Crippen molar-refractivity contribution in [1.29, 1.82) is 0 Å². The number of benzene rings is 2.